The van der Waals surface area contributed by atoms with E-state index in [-0.39, 0.29) is 17.8 Å². The second-order valence-electron chi connectivity index (χ2n) is 7.11. The summed E-state index contributed by atoms with van der Waals surface area (Å²) in [6, 6.07) is 0. The fourth-order valence-corrected chi connectivity index (χ4v) is 3.12. The van der Waals surface area contributed by atoms with Gasteiger partial charge in [-0.05, 0) is 33.6 Å². The van der Waals surface area contributed by atoms with Crippen molar-refractivity contribution in [1.82, 2.24) is 14.9 Å². The molecule has 0 atom stereocenters. The molecule has 0 bridgehead atoms. The summed E-state index contributed by atoms with van der Waals surface area (Å²) in [6.45, 7) is 6.23. The van der Waals surface area contributed by atoms with Crippen LogP contribution in [0, 0.1) is 0 Å². The number of anilines is 1. The molecule has 24 heavy (non-hydrogen) atoms. The van der Waals surface area contributed by atoms with Crippen molar-refractivity contribution < 1.29 is 19.1 Å². The van der Waals surface area contributed by atoms with Gasteiger partial charge in [-0.2, -0.15) is 0 Å². The Bertz CT molecular complexity index is 703. The molecule has 8 heteroatoms. The number of aldehydes is 1. The van der Waals surface area contributed by atoms with Crippen LogP contribution >= 0.6 is 0 Å². The fourth-order valence-electron chi connectivity index (χ4n) is 3.12. The van der Waals surface area contributed by atoms with E-state index in [0.717, 1.165) is 0 Å². The lowest BCUT2D eigenvalue weighted by atomic mass is 9.76. The summed E-state index contributed by atoms with van der Waals surface area (Å²) in [5, 5.41) is 2.78. The van der Waals surface area contributed by atoms with E-state index >= 15 is 0 Å². The number of likely N-dealkylation sites (tertiary alicyclic amines) is 1. The van der Waals surface area contributed by atoms with Gasteiger partial charge in [0.05, 0.1) is 23.0 Å². The first-order valence-corrected chi connectivity index (χ1v) is 7.87. The highest BCUT2D eigenvalue weighted by molar-refractivity contribution is 6.05. The van der Waals surface area contributed by atoms with Crippen LogP contribution in [-0.2, 0) is 14.9 Å². The largest absolute Gasteiger partial charge is 0.444 e. The Balaban J connectivity index is 1.80. The molecule has 1 saturated heterocycles. The lowest BCUT2D eigenvalue weighted by molar-refractivity contribution is -0.122. The summed E-state index contributed by atoms with van der Waals surface area (Å²) in [6.07, 6.45) is 2.50. The molecule has 1 aromatic rings. The van der Waals surface area contributed by atoms with Crippen molar-refractivity contribution in [2.45, 2.75) is 44.6 Å². The first kappa shape index (κ1) is 16.4. The Morgan fingerprint density at radius 2 is 2.04 bits per heavy atom. The number of piperidine rings is 1. The average Bonchev–Trinajstić information content (AvgIpc) is 2.78. The number of carbonyl (C=O) groups is 3. The SMILES string of the molecule is CC(C)(C)OC(=O)N1CCC2(CC1)C(=O)Nc1cnc(C=O)nc12. The maximum atomic E-state index is 12.5. The number of nitrogens with one attached hydrogen (secondary N) is 1. The molecule has 3 rings (SSSR count). The van der Waals surface area contributed by atoms with Crippen molar-refractivity contribution in [2.24, 2.45) is 0 Å². The molecule has 128 valence electrons. The zero-order valence-corrected chi connectivity index (χ0v) is 14.0. The van der Waals surface area contributed by atoms with E-state index < -0.39 is 11.0 Å². The molecule has 8 nitrogen and oxygen atoms in total. The van der Waals surface area contributed by atoms with Crippen molar-refractivity contribution in [1.29, 1.82) is 0 Å². The number of nitrogens with zero attached hydrogens (tertiary/aromatic N) is 3. The Kier molecular flexibility index (Phi) is 3.77. The molecule has 2 aliphatic rings. The summed E-state index contributed by atoms with van der Waals surface area (Å²) in [5.41, 5.74) is -0.283. The smallest absolute Gasteiger partial charge is 0.410 e. The number of hydrogen-bond acceptors (Lipinski definition) is 6. The monoisotopic (exact) mass is 332 g/mol. The first-order valence-electron chi connectivity index (χ1n) is 7.87. The summed E-state index contributed by atoms with van der Waals surface area (Å²) >= 11 is 0. The molecular formula is C16H20N4O4. The van der Waals surface area contributed by atoms with Crippen LogP contribution in [0.25, 0.3) is 0 Å². The highest BCUT2D eigenvalue weighted by Crippen LogP contribution is 2.43. The van der Waals surface area contributed by atoms with Crippen LogP contribution in [-0.4, -0.2) is 51.8 Å². The van der Waals surface area contributed by atoms with Gasteiger partial charge in [-0.25, -0.2) is 14.8 Å². The molecule has 1 N–H and O–H groups in total. The van der Waals surface area contributed by atoms with Crippen molar-refractivity contribution >= 4 is 24.0 Å². The van der Waals surface area contributed by atoms with Gasteiger partial charge in [-0.15, -0.1) is 0 Å². The number of hydrogen-bond donors (Lipinski definition) is 1. The molecule has 2 aliphatic heterocycles. The molecule has 0 saturated carbocycles. The molecule has 1 spiro atoms. The minimum Gasteiger partial charge on any atom is -0.444 e. The fraction of sp³-hybridized carbons (Fsp3) is 0.562. The van der Waals surface area contributed by atoms with Crippen LogP contribution in [0.1, 0.15) is 49.9 Å². The molecule has 1 fully saturated rings. The third-order valence-corrected chi connectivity index (χ3v) is 4.32. The number of fused-ring (bicyclic) bond motifs is 2. The van der Waals surface area contributed by atoms with Crippen molar-refractivity contribution in [3.05, 3.63) is 17.7 Å². The van der Waals surface area contributed by atoms with Crippen molar-refractivity contribution in [2.75, 3.05) is 18.4 Å². The predicted molar refractivity (Wildman–Crippen MR) is 84.8 cm³/mol. The number of rotatable bonds is 1. The topological polar surface area (TPSA) is 101 Å². The van der Waals surface area contributed by atoms with Gasteiger partial charge in [0.15, 0.2) is 12.1 Å². The van der Waals surface area contributed by atoms with Crippen LogP contribution < -0.4 is 5.32 Å². The molecular weight excluding hydrogens is 312 g/mol. The summed E-state index contributed by atoms with van der Waals surface area (Å²) in [5.74, 6) is -0.0992. The Morgan fingerprint density at radius 1 is 1.38 bits per heavy atom. The summed E-state index contributed by atoms with van der Waals surface area (Å²) < 4.78 is 5.38. The zero-order chi connectivity index (χ0) is 17.5. The molecule has 3 heterocycles. The van der Waals surface area contributed by atoms with E-state index in [1.54, 1.807) is 4.90 Å². The Hall–Kier alpha value is -2.51. The summed E-state index contributed by atoms with van der Waals surface area (Å²) in [4.78, 5) is 45.3. The second kappa shape index (κ2) is 5.54. The van der Waals surface area contributed by atoms with E-state index in [4.69, 9.17) is 4.74 Å². The number of aromatic nitrogens is 2. The van der Waals surface area contributed by atoms with E-state index in [9.17, 15) is 14.4 Å². The molecule has 0 unspecified atom stereocenters. The minimum atomic E-state index is -0.811. The summed E-state index contributed by atoms with van der Waals surface area (Å²) in [7, 11) is 0. The third kappa shape index (κ3) is 2.72. The van der Waals surface area contributed by atoms with E-state index in [0.29, 0.717) is 43.6 Å². The van der Waals surface area contributed by atoms with Crippen LogP contribution in [0.5, 0.6) is 0 Å². The molecule has 0 radical (unpaired) electrons. The van der Waals surface area contributed by atoms with Crippen molar-refractivity contribution in [3.8, 4) is 0 Å². The van der Waals surface area contributed by atoms with E-state index in [2.05, 4.69) is 15.3 Å². The van der Waals surface area contributed by atoms with Gasteiger partial charge in [0, 0.05) is 13.1 Å². The van der Waals surface area contributed by atoms with E-state index in [1.165, 1.54) is 6.20 Å². The van der Waals surface area contributed by atoms with Gasteiger partial charge < -0.3 is 15.0 Å². The van der Waals surface area contributed by atoms with E-state index in [1.807, 2.05) is 20.8 Å². The van der Waals surface area contributed by atoms with Gasteiger partial charge in [0.25, 0.3) is 0 Å². The number of ether oxygens (including phenoxy) is 1. The quantitative estimate of drug-likeness (QED) is 0.782. The number of amides is 2. The molecule has 0 aromatic carbocycles. The van der Waals surface area contributed by atoms with Crippen molar-refractivity contribution in [3.63, 3.8) is 0 Å². The van der Waals surface area contributed by atoms with Crippen LogP contribution in [0.2, 0.25) is 0 Å². The predicted octanol–water partition coefficient (Wildman–Crippen LogP) is 1.51. The maximum Gasteiger partial charge on any atom is 0.410 e. The standard InChI is InChI=1S/C16H20N4O4/c1-15(2,3)24-14(23)20-6-4-16(5-7-20)12-10(18-13(16)22)8-17-11(9-21)19-12/h8-9H,4-7H2,1-3H3,(H,18,22). The van der Waals surface area contributed by atoms with Gasteiger partial charge >= 0.3 is 6.09 Å². The third-order valence-electron chi connectivity index (χ3n) is 4.32. The minimum absolute atomic E-state index is 0.0548. The molecule has 2 amide bonds. The highest BCUT2D eigenvalue weighted by atomic mass is 16.6. The van der Waals surface area contributed by atoms with Gasteiger partial charge in [0.1, 0.15) is 5.60 Å². The Labute approximate surface area is 139 Å². The molecule has 0 aliphatic carbocycles. The zero-order valence-electron chi connectivity index (χ0n) is 14.0. The van der Waals surface area contributed by atoms with Crippen LogP contribution in [0.3, 0.4) is 0 Å². The van der Waals surface area contributed by atoms with Crippen LogP contribution in [0.15, 0.2) is 6.20 Å². The Morgan fingerprint density at radius 3 is 2.62 bits per heavy atom. The molecule has 1 aromatic heterocycles. The second-order valence-corrected chi connectivity index (χ2v) is 7.11. The van der Waals surface area contributed by atoms with Gasteiger partial charge in [0.2, 0.25) is 5.91 Å². The van der Waals surface area contributed by atoms with Gasteiger partial charge in [-0.1, -0.05) is 0 Å². The van der Waals surface area contributed by atoms with Gasteiger partial charge in [-0.3, -0.25) is 9.59 Å². The normalized spacial score (nSPS) is 19.0. The van der Waals surface area contributed by atoms with Crippen LogP contribution in [0.4, 0.5) is 10.5 Å². The first-order chi connectivity index (χ1) is 11.2. The average molecular weight is 332 g/mol. The lowest BCUT2D eigenvalue weighted by Gasteiger charge is -2.37. The maximum absolute atomic E-state index is 12.5. The highest BCUT2D eigenvalue weighted by Gasteiger charge is 2.51. The number of carbonyl (C=O) groups excluding carboxylic acids is 3. The lowest BCUT2D eigenvalue weighted by Crippen LogP contribution is -2.49.